The van der Waals surface area contributed by atoms with Crippen molar-refractivity contribution in [1.82, 2.24) is 0 Å². The third-order valence-corrected chi connectivity index (χ3v) is 11.3. The molecule has 0 aromatic rings. The number of esters is 3. The quantitative estimate of drug-likeness (QED) is 0.0262. The van der Waals surface area contributed by atoms with Gasteiger partial charge in [-0.2, -0.15) is 0 Å². The van der Waals surface area contributed by atoms with E-state index in [2.05, 4.69) is 106 Å². The predicted octanol–water partition coefficient (Wildman–Crippen LogP) is 18.6. The van der Waals surface area contributed by atoms with Crippen LogP contribution in [0.5, 0.6) is 0 Å². The van der Waals surface area contributed by atoms with Crippen LogP contribution in [0.2, 0.25) is 0 Å². The molecule has 1 unspecified atom stereocenters. The highest BCUT2D eigenvalue weighted by Crippen LogP contribution is 2.13. The molecule has 0 spiro atoms. The van der Waals surface area contributed by atoms with Gasteiger partial charge in [0.2, 0.25) is 0 Å². The van der Waals surface area contributed by atoms with Gasteiger partial charge in [0.1, 0.15) is 13.2 Å². The van der Waals surface area contributed by atoms with Gasteiger partial charge in [-0.3, -0.25) is 14.4 Å². The molecule has 0 aliphatic heterocycles. The minimum Gasteiger partial charge on any atom is -0.462 e. The van der Waals surface area contributed by atoms with Gasteiger partial charge in [0.25, 0.3) is 0 Å². The Morgan fingerprint density at radius 2 is 0.594 bits per heavy atom. The Morgan fingerprint density at radius 1 is 0.304 bits per heavy atom. The first-order chi connectivity index (χ1) is 34.0. The lowest BCUT2D eigenvalue weighted by atomic mass is 10.1. The van der Waals surface area contributed by atoms with E-state index in [1.165, 1.54) is 57.8 Å². The van der Waals surface area contributed by atoms with Gasteiger partial charge in [-0.1, -0.05) is 257 Å². The Kier molecular flexibility index (Phi) is 52.5. The first-order valence-electron chi connectivity index (χ1n) is 27.8. The number of hydrogen-bond acceptors (Lipinski definition) is 6. The maximum atomic E-state index is 12.9. The van der Waals surface area contributed by atoms with Crippen molar-refractivity contribution in [2.45, 2.75) is 232 Å². The molecule has 0 aliphatic rings. The predicted molar refractivity (Wildman–Crippen MR) is 297 cm³/mol. The van der Waals surface area contributed by atoms with Crippen molar-refractivity contribution in [2.24, 2.45) is 0 Å². The fraction of sp³-hybridized carbons (Fsp3) is 0.603. The van der Waals surface area contributed by atoms with Gasteiger partial charge >= 0.3 is 17.9 Å². The van der Waals surface area contributed by atoms with Crippen molar-refractivity contribution in [1.29, 1.82) is 0 Å². The molecule has 6 heteroatoms. The lowest BCUT2D eigenvalue weighted by Gasteiger charge is -2.18. The number of carbonyl (C=O) groups is 3. The summed E-state index contributed by atoms with van der Waals surface area (Å²) in [4.78, 5) is 38.1. The monoisotopic (exact) mass is 953 g/mol. The molecule has 69 heavy (non-hydrogen) atoms. The Labute approximate surface area is 424 Å². The number of unbranched alkanes of at least 4 members (excludes halogenated alkanes) is 23. The summed E-state index contributed by atoms with van der Waals surface area (Å²) < 4.78 is 16.8. The van der Waals surface area contributed by atoms with Gasteiger partial charge in [-0.15, -0.1) is 0 Å². The lowest BCUT2D eigenvalue weighted by molar-refractivity contribution is -0.167. The van der Waals surface area contributed by atoms with E-state index < -0.39 is 6.10 Å². The minimum atomic E-state index is -0.813. The largest absolute Gasteiger partial charge is 0.462 e. The van der Waals surface area contributed by atoms with Crippen LogP contribution in [-0.4, -0.2) is 37.2 Å². The molecule has 6 nitrogen and oxygen atoms in total. The van der Waals surface area contributed by atoms with E-state index in [1.807, 2.05) is 48.6 Å². The fourth-order valence-corrected chi connectivity index (χ4v) is 7.18. The Balaban J connectivity index is 4.54. The molecule has 0 bridgehead atoms. The maximum Gasteiger partial charge on any atom is 0.306 e. The molecule has 1 atom stereocenters. The SMILES string of the molecule is CC\C=C/C=C\C=C/C=C\CCCCCCCC(=O)OCC(COC(=O)CCCCCCC\C=C/C=C\C=C/C=C\C=C/CCC)OC(=O)CCCCCCC/C=C\C=C/CCCCCCCCC. The van der Waals surface area contributed by atoms with Crippen LogP contribution in [0.15, 0.2) is 134 Å². The zero-order valence-corrected chi connectivity index (χ0v) is 44.3. The molecule has 0 aromatic heterocycles. The third-order valence-electron chi connectivity index (χ3n) is 11.3. The van der Waals surface area contributed by atoms with Crippen molar-refractivity contribution in [3.05, 3.63) is 134 Å². The van der Waals surface area contributed by atoms with Gasteiger partial charge in [-0.05, 0) is 83.5 Å². The average molecular weight is 953 g/mol. The Bertz CT molecular complexity index is 1510. The normalized spacial score (nSPS) is 13.1. The standard InChI is InChI=1S/C63H100O6/c1-4-7-10-13-16-19-22-25-28-30-32-35-38-41-44-47-50-53-56-62(65)68-59-60(58-67-61(64)55-52-49-46-43-40-37-34-27-24-21-18-15-12-9-6-3)69-63(66)57-54-51-48-45-42-39-36-33-31-29-26-23-20-17-14-11-8-5-2/h9-10,12-13,15-16,18-19,21-22,24-25,27-36,60H,4-8,11,14,17,20,23,26,37-59H2,1-3H3/b12-9-,13-10-,18-15-,19-16-,24-21-,25-22-,30-28-,31-29-,34-27-,35-32-,36-33-. The molecule has 0 saturated heterocycles. The molecular weight excluding hydrogens is 853 g/mol. The van der Waals surface area contributed by atoms with Crippen LogP contribution >= 0.6 is 0 Å². The second kappa shape index (κ2) is 56.1. The van der Waals surface area contributed by atoms with Crippen molar-refractivity contribution >= 4 is 17.9 Å². The summed E-state index contributed by atoms with van der Waals surface area (Å²) in [6.07, 6.45) is 78.5. The van der Waals surface area contributed by atoms with Crippen LogP contribution in [0.1, 0.15) is 226 Å². The van der Waals surface area contributed by atoms with Crippen molar-refractivity contribution in [3.63, 3.8) is 0 Å². The summed E-state index contributed by atoms with van der Waals surface area (Å²) in [6.45, 7) is 6.34. The van der Waals surface area contributed by atoms with Crippen molar-refractivity contribution in [2.75, 3.05) is 13.2 Å². The molecule has 0 aromatic carbocycles. The topological polar surface area (TPSA) is 78.9 Å². The smallest absolute Gasteiger partial charge is 0.306 e. The highest BCUT2D eigenvalue weighted by molar-refractivity contribution is 5.71. The number of rotatable bonds is 48. The van der Waals surface area contributed by atoms with E-state index >= 15 is 0 Å². The zero-order chi connectivity index (χ0) is 50.0. The summed E-state index contributed by atoms with van der Waals surface area (Å²) >= 11 is 0. The van der Waals surface area contributed by atoms with Crippen LogP contribution in [0.3, 0.4) is 0 Å². The molecule has 0 saturated carbocycles. The highest BCUT2D eigenvalue weighted by Gasteiger charge is 2.19. The third kappa shape index (κ3) is 54.4. The van der Waals surface area contributed by atoms with Crippen LogP contribution in [0.4, 0.5) is 0 Å². The van der Waals surface area contributed by atoms with Gasteiger partial charge in [0.15, 0.2) is 6.10 Å². The van der Waals surface area contributed by atoms with Crippen molar-refractivity contribution < 1.29 is 28.6 Å². The molecule has 0 amide bonds. The van der Waals surface area contributed by atoms with Gasteiger partial charge in [0, 0.05) is 19.3 Å². The van der Waals surface area contributed by atoms with E-state index in [9.17, 15) is 14.4 Å². The zero-order valence-electron chi connectivity index (χ0n) is 44.3. The van der Waals surface area contributed by atoms with Crippen LogP contribution in [0.25, 0.3) is 0 Å². The summed E-state index contributed by atoms with van der Waals surface area (Å²) in [6, 6.07) is 0. The summed E-state index contributed by atoms with van der Waals surface area (Å²) in [5.41, 5.74) is 0. The van der Waals surface area contributed by atoms with Crippen LogP contribution in [-0.2, 0) is 28.6 Å². The molecule has 0 heterocycles. The van der Waals surface area contributed by atoms with E-state index in [0.29, 0.717) is 19.3 Å². The van der Waals surface area contributed by atoms with Gasteiger partial charge in [0.05, 0.1) is 0 Å². The maximum absolute atomic E-state index is 12.9. The molecule has 0 fully saturated rings. The highest BCUT2D eigenvalue weighted by atomic mass is 16.6. The number of ether oxygens (including phenoxy) is 3. The molecule has 0 aliphatic carbocycles. The second-order valence-electron chi connectivity index (χ2n) is 18.0. The first kappa shape index (κ1) is 64.5. The lowest BCUT2D eigenvalue weighted by Crippen LogP contribution is -2.30. The van der Waals surface area contributed by atoms with Gasteiger partial charge < -0.3 is 14.2 Å². The van der Waals surface area contributed by atoms with Gasteiger partial charge in [-0.25, -0.2) is 0 Å². The van der Waals surface area contributed by atoms with Crippen LogP contribution in [0, 0.1) is 0 Å². The first-order valence-corrected chi connectivity index (χ1v) is 27.8. The van der Waals surface area contributed by atoms with E-state index in [0.717, 1.165) is 128 Å². The molecular formula is C63H100O6. The minimum absolute atomic E-state index is 0.110. The summed E-state index contributed by atoms with van der Waals surface area (Å²) in [5.74, 6) is -0.977. The van der Waals surface area contributed by atoms with Crippen LogP contribution < -0.4 is 0 Å². The molecule has 0 radical (unpaired) electrons. The molecule has 388 valence electrons. The molecule has 0 rings (SSSR count). The van der Waals surface area contributed by atoms with E-state index in [1.54, 1.807) is 0 Å². The Hall–Kier alpha value is -4.45. The fourth-order valence-electron chi connectivity index (χ4n) is 7.18. The number of allylic oxidation sites excluding steroid dienone is 22. The molecule has 0 N–H and O–H groups in total. The van der Waals surface area contributed by atoms with E-state index in [-0.39, 0.29) is 31.1 Å². The second-order valence-corrected chi connectivity index (χ2v) is 18.0. The van der Waals surface area contributed by atoms with E-state index in [4.69, 9.17) is 14.2 Å². The number of carbonyl (C=O) groups excluding carboxylic acids is 3. The summed E-state index contributed by atoms with van der Waals surface area (Å²) in [7, 11) is 0. The Morgan fingerprint density at radius 3 is 0.957 bits per heavy atom. The average Bonchev–Trinajstić information content (AvgIpc) is 3.35. The number of hydrogen-bond donors (Lipinski definition) is 0. The van der Waals surface area contributed by atoms with Crippen molar-refractivity contribution in [3.8, 4) is 0 Å². The summed E-state index contributed by atoms with van der Waals surface area (Å²) in [5, 5.41) is 0.